The molecule has 10 heteroatoms. The molecule has 4 aromatic rings. The molecule has 0 aliphatic rings. The molecule has 0 aliphatic heterocycles. The molecule has 2 N–H and O–H groups in total. The summed E-state index contributed by atoms with van der Waals surface area (Å²) in [5.74, 6) is 0.383. The molecule has 0 amide bonds. The summed E-state index contributed by atoms with van der Waals surface area (Å²) in [7, 11) is -5.74. The number of hydrogen-bond acceptors (Lipinski definition) is 6. The van der Waals surface area contributed by atoms with E-state index in [4.69, 9.17) is 0 Å². The van der Waals surface area contributed by atoms with Crippen LogP contribution in [-0.2, 0) is 38.6 Å². The predicted molar refractivity (Wildman–Crippen MR) is 229 cm³/mol. The lowest BCUT2D eigenvalue weighted by Crippen LogP contribution is -2.29. The summed E-state index contributed by atoms with van der Waals surface area (Å²) in [5.41, 5.74) is 2.85. The first kappa shape index (κ1) is 47.8. The van der Waals surface area contributed by atoms with Crippen LogP contribution in [0, 0.1) is 13.8 Å². The van der Waals surface area contributed by atoms with E-state index in [-0.39, 0.29) is 22.7 Å². The van der Waals surface area contributed by atoms with E-state index in [9.17, 15) is 36.6 Å². The molecule has 0 saturated heterocycles. The Balaban J connectivity index is 0.000000311. The van der Waals surface area contributed by atoms with Crippen molar-refractivity contribution in [3.63, 3.8) is 0 Å². The van der Waals surface area contributed by atoms with Gasteiger partial charge in [-0.15, -0.1) is 0 Å². The van der Waals surface area contributed by atoms with Gasteiger partial charge in [0, 0.05) is 17.3 Å². The first-order valence-electron chi connectivity index (χ1n) is 20.4. The van der Waals surface area contributed by atoms with Gasteiger partial charge >= 0.3 is 15.6 Å². The molecule has 6 nitrogen and oxygen atoms in total. The molecule has 4 aromatic carbocycles. The maximum absolute atomic E-state index is 12.8. The molecule has 0 heterocycles. The molecule has 0 atom stereocenters. The number of benzene rings is 4. The minimum absolute atomic E-state index is 0.0809. The van der Waals surface area contributed by atoms with Crippen molar-refractivity contribution < 1.29 is 40.8 Å². The van der Waals surface area contributed by atoms with Gasteiger partial charge < -0.3 is 14.4 Å². The summed E-state index contributed by atoms with van der Waals surface area (Å²) >= 11 is 0. The number of aryl methyl sites for hydroxylation is 4. The molecule has 316 valence electrons. The number of phenolic OH excluding ortho intramolecular Hbond substituents is 2. The Morgan fingerprint density at radius 3 is 1.47 bits per heavy atom. The summed E-state index contributed by atoms with van der Waals surface area (Å²) in [6, 6.07) is 22.7. The first-order valence-corrected chi connectivity index (χ1v) is 21.8. The quantitative estimate of drug-likeness (QED) is 0.0625. The zero-order valence-electron chi connectivity index (χ0n) is 35.5. The summed E-state index contributed by atoms with van der Waals surface area (Å²) < 4.78 is 65.7. The van der Waals surface area contributed by atoms with Gasteiger partial charge in [-0.05, 0) is 127 Å². The summed E-state index contributed by atoms with van der Waals surface area (Å²) in [6.45, 7) is 18.2. The number of carbonyl (C=O) groups is 1. The Morgan fingerprint density at radius 1 is 0.638 bits per heavy atom. The molecule has 0 aliphatic carbocycles. The fourth-order valence-electron chi connectivity index (χ4n) is 7.81. The van der Waals surface area contributed by atoms with Gasteiger partial charge in [-0.3, -0.25) is 4.79 Å². The number of carbonyl (C=O) groups excluding carboxylic acids is 1. The van der Waals surface area contributed by atoms with Gasteiger partial charge in [-0.2, -0.15) is 21.6 Å². The monoisotopic (exact) mass is 822 g/mol. The van der Waals surface area contributed by atoms with Crippen LogP contribution in [0.15, 0.2) is 78.9 Å². The molecular weight excluding hydrogens is 762 g/mol. The number of hydrogen-bond donors (Lipinski definition) is 2. The van der Waals surface area contributed by atoms with Crippen LogP contribution >= 0.6 is 0 Å². The standard InChI is InChI=1S/C26H34O2.C22H27F3O4S/c1-6-10-21-18-23(13-11-20(21)12-15-24(27)7-2)26(8-3,9-4)22-14-16-25(28)19(5)17-22;1-5-8-16-14-18(10-12-20(16)29-30(27,28)22(23,24)25)21(6-2,7-3)17-9-11-19(26)15(4)13-17/h11-18,28H,6-10H2,1-5H3;9-14,26H,5-8H2,1-4H3/b15-12+;. The lowest BCUT2D eigenvalue weighted by molar-refractivity contribution is -0.114. The third kappa shape index (κ3) is 10.7. The highest BCUT2D eigenvalue weighted by Gasteiger charge is 2.49. The van der Waals surface area contributed by atoms with E-state index >= 15 is 0 Å². The van der Waals surface area contributed by atoms with Crippen LogP contribution in [0.25, 0.3) is 6.08 Å². The Kier molecular flexibility index (Phi) is 16.8. The molecular formula is C48H61F3O6S. The number of aromatic hydroxyl groups is 2. The lowest BCUT2D eigenvalue weighted by Gasteiger charge is -2.34. The Hall–Kier alpha value is -4.57. The summed E-state index contributed by atoms with van der Waals surface area (Å²) in [4.78, 5) is 11.7. The molecule has 0 unspecified atom stereocenters. The molecule has 0 spiro atoms. The van der Waals surface area contributed by atoms with Crippen LogP contribution in [0.1, 0.15) is 143 Å². The minimum Gasteiger partial charge on any atom is -0.508 e. The smallest absolute Gasteiger partial charge is 0.508 e. The topological polar surface area (TPSA) is 101 Å². The number of rotatable bonds is 17. The highest BCUT2D eigenvalue weighted by molar-refractivity contribution is 7.88. The maximum Gasteiger partial charge on any atom is 0.534 e. The van der Waals surface area contributed by atoms with Gasteiger partial charge in [0.15, 0.2) is 5.78 Å². The number of alkyl halides is 3. The first-order chi connectivity index (χ1) is 27.3. The van der Waals surface area contributed by atoms with Crippen molar-refractivity contribution in [2.24, 2.45) is 0 Å². The van der Waals surface area contributed by atoms with Gasteiger partial charge in [0.05, 0.1) is 0 Å². The van der Waals surface area contributed by atoms with Gasteiger partial charge in [0.1, 0.15) is 17.2 Å². The van der Waals surface area contributed by atoms with Crippen LogP contribution in [0.4, 0.5) is 13.2 Å². The van der Waals surface area contributed by atoms with Crippen molar-refractivity contribution in [2.75, 3.05) is 0 Å². The molecule has 0 aromatic heterocycles. The second-order valence-corrected chi connectivity index (χ2v) is 16.5. The fraction of sp³-hybridized carbons (Fsp3) is 0.438. The van der Waals surface area contributed by atoms with Crippen molar-refractivity contribution >= 4 is 22.0 Å². The molecule has 58 heavy (non-hydrogen) atoms. The average molecular weight is 823 g/mol. The van der Waals surface area contributed by atoms with Crippen molar-refractivity contribution in [2.45, 2.75) is 136 Å². The van der Waals surface area contributed by atoms with E-state index in [1.807, 2.05) is 58.9 Å². The molecule has 0 fully saturated rings. The normalized spacial score (nSPS) is 12.3. The second kappa shape index (κ2) is 20.4. The number of ketones is 1. The van der Waals surface area contributed by atoms with E-state index in [0.717, 1.165) is 53.5 Å². The maximum atomic E-state index is 12.8. The highest BCUT2D eigenvalue weighted by Crippen LogP contribution is 2.43. The number of allylic oxidation sites excluding steroid dienone is 1. The van der Waals surface area contributed by atoms with Gasteiger partial charge in [-0.1, -0.05) is 122 Å². The zero-order chi connectivity index (χ0) is 43.5. The Morgan fingerprint density at radius 2 is 1.05 bits per heavy atom. The van der Waals surface area contributed by atoms with Crippen LogP contribution in [-0.4, -0.2) is 29.9 Å². The van der Waals surface area contributed by atoms with Crippen molar-refractivity contribution in [3.8, 4) is 17.2 Å². The largest absolute Gasteiger partial charge is 0.534 e. The fourth-order valence-corrected chi connectivity index (χ4v) is 8.31. The molecule has 0 radical (unpaired) electrons. The van der Waals surface area contributed by atoms with E-state index < -0.39 is 21.0 Å². The predicted octanol–water partition coefficient (Wildman–Crippen LogP) is 12.7. The zero-order valence-corrected chi connectivity index (χ0v) is 36.3. The van der Waals surface area contributed by atoms with Crippen LogP contribution in [0.3, 0.4) is 0 Å². The Bertz CT molecular complexity index is 2150. The average Bonchev–Trinajstić information content (AvgIpc) is 3.19. The highest BCUT2D eigenvalue weighted by atomic mass is 32.2. The third-order valence-corrected chi connectivity index (χ3v) is 12.5. The lowest BCUT2D eigenvalue weighted by atomic mass is 9.69. The van der Waals surface area contributed by atoms with E-state index in [0.29, 0.717) is 43.4 Å². The van der Waals surface area contributed by atoms with Crippen LogP contribution < -0.4 is 4.18 Å². The number of phenols is 2. The molecule has 4 rings (SSSR count). The van der Waals surface area contributed by atoms with E-state index in [2.05, 4.69) is 55.3 Å². The Labute approximate surface area is 344 Å². The second-order valence-electron chi connectivity index (χ2n) is 15.0. The van der Waals surface area contributed by atoms with Gasteiger partial charge in [-0.25, -0.2) is 0 Å². The molecule has 0 bridgehead atoms. The third-order valence-electron chi connectivity index (χ3n) is 11.5. The van der Waals surface area contributed by atoms with Gasteiger partial charge in [0.25, 0.3) is 0 Å². The number of halogens is 3. The van der Waals surface area contributed by atoms with Crippen molar-refractivity contribution in [1.82, 2.24) is 0 Å². The van der Waals surface area contributed by atoms with Crippen molar-refractivity contribution in [1.29, 1.82) is 0 Å². The minimum atomic E-state index is -5.74. The van der Waals surface area contributed by atoms with E-state index in [1.165, 1.54) is 22.8 Å². The van der Waals surface area contributed by atoms with E-state index in [1.54, 1.807) is 31.2 Å². The van der Waals surface area contributed by atoms with Crippen LogP contribution in [0.5, 0.6) is 17.2 Å². The SMILES string of the molecule is CCCc1cc(C(CC)(CC)c2ccc(O)c(C)c2)ccc1/C=C/C(=O)CC.CCCc1cc(C(CC)(CC)c2ccc(O)c(C)c2)ccc1OS(=O)(=O)C(F)(F)F. The van der Waals surface area contributed by atoms with Crippen molar-refractivity contribution in [3.05, 3.63) is 129 Å². The van der Waals surface area contributed by atoms with Gasteiger partial charge in [0.2, 0.25) is 0 Å². The summed E-state index contributed by atoms with van der Waals surface area (Å²) in [5, 5.41) is 19.8. The summed E-state index contributed by atoms with van der Waals surface area (Å²) in [6.07, 6.45) is 10.6. The van der Waals surface area contributed by atoms with Crippen LogP contribution in [0.2, 0.25) is 0 Å². The molecule has 0 saturated carbocycles.